The van der Waals surface area contributed by atoms with Crippen molar-refractivity contribution in [1.29, 1.82) is 0 Å². The highest BCUT2D eigenvalue weighted by atomic mass is 35.5. The molecule has 0 aromatic heterocycles. The van der Waals surface area contributed by atoms with Gasteiger partial charge in [0.1, 0.15) is 5.82 Å². The lowest BCUT2D eigenvalue weighted by atomic mass is 10.0. The van der Waals surface area contributed by atoms with Gasteiger partial charge in [-0.15, -0.1) is 0 Å². The number of carbonyl (C=O) groups excluding carboxylic acids is 1. The molecule has 5 nitrogen and oxygen atoms in total. The Morgan fingerprint density at radius 3 is 2.30 bits per heavy atom. The number of anilines is 1. The third kappa shape index (κ3) is 5.24. The van der Waals surface area contributed by atoms with E-state index in [1.807, 2.05) is 28.0 Å². The van der Waals surface area contributed by atoms with Gasteiger partial charge in [0.25, 0.3) is 0 Å². The minimum Gasteiger partial charge on any atom is -0.366 e. The van der Waals surface area contributed by atoms with Crippen LogP contribution in [0.1, 0.15) is 18.4 Å². The van der Waals surface area contributed by atoms with Crippen molar-refractivity contribution in [2.75, 3.05) is 44.2 Å². The Kier molecular flexibility index (Phi) is 6.75. The first-order valence-electron chi connectivity index (χ1n) is 10.6. The number of piperazine rings is 1. The van der Waals surface area contributed by atoms with E-state index in [0.717, 1.165) is 37.5 Å². The van der Waals surface area contributed by atoms with Gasteiger partial charge in [-0.1, -0.05) is 35.9 Å². The Hall–Kier alpha value is -2.31. The van der Waals surface area contributed by atoms with E-state index in [9.17, 15) is 9.18 Å². The minimum absolute atomic E-state index is 0.000616. The van der Waals surface area contributed by atoms with E-state index in [1.165, 1.54) is 11.6 Å². The van der Waals surface area contributed by atoms with Crippen molar-refractivity contribution in [3.8, 4) is 0 Å². The average Bonchev–Trinajstić information content (AvgIpc) is 2.77. The van der Waals surface area contributed by atoms with Crippen molar-refractivity contribution >= 4 is 23.3 Å². The Morgan fingerprint density at radius 1 is 0.967 bits per heavy atom. The van der Waals surface area contributed by atoms with E-state index in [2.05, 4.69) is 22.3 Å². The van der Waals surface area contributed by atoms with E-state index >= 15 is 0 Å². The van der Waals surface area contributed by atoms with Crippen LogP contribution in [0.3, 0.4) is 0 Å². The average molecular weight is 431 g/mol. The third-order valence-electron chi connectivity index (χ3n) is 5.99. The first-order valence-corrected chi connectivity index (χ1v) is 11.0. The zero-order valence-electron chi connectivity index (χ0n) is 17.1. The molecule has 2 saturated heterocycles. The molecule has 0 radical (unpaired) electrons. The van der Waals surface area contributed by atoms with Gasteiger partial charge in [-0.05, 0) is 42.7 Å². The summed E-state index contributed by atoms with van der Waals surface area (Å²) in [5, 5.41) is 3.96. The van der Waals surface area contributed by atoms with Crippen LogP contribution in [0.2, 0.25) is 5.02 Å². The number of para-hydroxylation sites is 1. The van der Waals surface area contributed by atoms with Crippen LogP contribution < -0.4 is 10.2 Å². The van der Waals surface area contributed by atoms with E-state index in [4.69, 9.17) is 11.6 Å². The van der Waals surface area contributed by atoms with Crippen molar-refractivity contribution in [3.63, 3.8) is 0 Å². The summed E-state index contributed by atoms with van der Waals surface area (Å²) in [6, 6.07) is 15.0. The van der Waals surface area contributed by atoms with Crippen molar-refractivity contribution in [1.82, 2.24) is 15.1 Å². The Morgan fingerprint density at radius 2 is 1.63 bits per heavy atom. The predicted molar refractivity (Wildman–Crippen MR) is 118 cm³/mol. The fourth-order valence-electron chi connectivity index (χ4n) is 4.21. The lowest BCUT2D eigenvalue weighted by molar-refractivity contribution is 0.167. The summed E-state index contributed by atoms with van der Waals surface area (Å²) in [6.07, 6.45) is 1.91. The van der Waals surface area contributed by atoms with Gasteiger partial charge in [0.05, 0.1) is 5.69 Å². The third-order valence-corrected chi connectivity index (χ3v) is 6.25. The molecule has 30 heavy (non-hydrogen) atoms. The molecule has 4 rings (SSSR count). The van der Waals surface area contributed by atoms with E-state index < -0.39 is 0 Å². The Balaban J connectivity index is 1.20. The lowest BCUT2D eigenvalue weighted by Gasteiger charge is -2.38. The number of amides is 2. The molecule has 2 aliphatic rings. The van der Waals surface area contributed by atoms with E-state index in [0.29, 0.717) is 31.9 Å². The molecule has 1 N–H and O–H groups in total. The summed E-state index contributed by atoms with van der Waals surface area (Å²) in [4.78, 5) is 18.9. The number of urea groups is 1. The minimum atomic E-state index is -0.208. The lowest BCUT2D eigenvalue weighted by Crippen LogP contribution is -2.55. The number of hydrogen-bond donors (Lipinski definition) is 1. The monoisotopic (exact) mass is 430 g/mol. The van der Waals surface area contributed by atoms with Crippen LogP contribution in [-0.4, -0.2) is 61.1 Å². The molecule has 2 aromatic rings. The molecule has 7 heteroatoms. The fourth-order valence-corrected chi connectivity index (χ4v) is 4.33. The highest BCUT2D eigenvalue weighted by molar-refractivity contribution is 6.30. The van der Waals surface area contributed by atoms with Gasteiger partial charge >= 0.3 is 6.03 Å². The number of carbonyl (C=O) groups is 1. The first-order chi connectivity index (χ1) is 14.6. The van der Waals surface area contributed by atoms with Gasteiger partial charge in [-0.3, -0.25) is 4.90 Å². The summed E-state index contributed by atoms with van der Waals surface area (Å²) in [6.45, 7) is 5.35. The summed E-state index contributed by atoms with van der Waals surface area (Å²) in [5.74, 6) is -0.208. The van der Waals surface area contributed by atoms with Gasteiger partial charge in [0.15, 0.2) is 0 Å². The van der Waals surface area contributed by atoms with E-state index in [1.54, 1.807) is 12.1 Å². The molecule has 0 bridgehead atoms. The molecule has 160 valence electrons. The second-order valence-corrected chi connectivity index (χ2v) is 8.49. The van der Waals surface area contributed by atoms with Crippen LogP contribution in [0.4, 0.5) is 14.9 Å². The number of benzene rings is 2. The van der Waals surface area contributed by atoms with Gasteiger partial charge in [0.2, 0.25) is 0 Å². The number of nitrogens with one attached hydrogen (secondary N) is 1. The quantitative estimate of drug-likeness (QED) is 0.797. The normalized spacial score (nSPS) is 18.5. The van der Waals surface area contributed by atoms with Crippen molar-refractivity contribution in [3.05, 3.63) is 64.9 Å². The number of halogens is 2. The maximum atomic E-state index is 14.0. The molecule has 0 aliphatic carbocycles. The molecule has 2 aromatic carbocycles. The summed E-state index contributed by atoms with van der Waals surface area (Å²) in [5.41, 5.74) is 1.88. The highest BCUT2D eigenvalue weighted by Crippen LogP contribution is 2.20. The largest absolute Gasteiger partial charge is 0.366 e. The number of piperidine rings is 1. The van der Waals surface area contributed by atoms with Crippen LogP contribution in [-0.2, 0) is 6.54 Å². The van der Waals surface area contributed by atoms with Crippen LogP contribution in [0.5, 0.6) is 0 Å². The number of hydrogen-bond acceptors (Lipinski definition) is 3. The predicted octanol–water partition coefficient (Wildman–Crippen LogP) is 3.98. The molecule has 0 spiro atoms. The van der Waals surface area contributed by atoms with Crippen LogP contribution in [0.15, 0.2) is 48.5 Å². The zero-order chi connectivity index (χ0) is 20.9. The molecule has 2 heterocycles. The van der Waals surface area contributed by atoms with Gasteiger partial charge in [-0.2, -0.15) is 0 Å². The Labute approximate surface area is 182 Å². The maximum Gasteiger partial charge on any atom is 0.317 e. The molecule has 2 amide bonds. The number of nitrogens with zero attached hydrogens (tertiary/aromatic N) is 3. The van der Waals surface area contributed by atoms with Gasteiger partial charge < -0.3 is 15.1 Å². The standard InChI is InChI=1S/C23H28ClFN4O/c24-19-7-5-18(6-8-19)17-27-11-9-20(10-12-27)26-23(30)29-15-13-28(14-16-29)22-4-2-1-3-21(22)25/h1-8,20H,9-17H2,(H,26,30). The van der Waals surface area contributed by atoms with Crippen molar-refractivity contribution < 1.29 is 9.18 Å². The zero-order valence-corrected chi connectivity index (χ0v) is 17.8. The summed E-state index contributed by atoms with van der Waals surface area (Å²) < 4.78 is 14.0. The van der Waals surface area contributed by atoms with Crippen molar-refractivity contribution in [2.45, 2.75) is 25.4 Å². The summed E-state index contributed by atoms with van der Waals surface area (Å²) >= 11 is 5.95. The Bertz CT molecular complexity index is 847. The van der Waals surface area contributed by atoms with Crippen LogP contribution in [0.25, 0.3) is 0 Å². The molecule has 2 aliphatic heterocycles. The fraction of sp³-hybridized carbons (Fsp3) is 0.435. The van der Waals surface area contributed by atoms with Crippen LogP contribution in [0, 0.1) is 5.82 Å². The molecule has 0 unspecified atom stereocenters. The molecule has 0 atom stereocenters. The van der Waals surface area contributed by atoms with Crippen LogP contribution >= 0.6 is 11.6 Å². The van der Waals surface area contributed by atoms with Gasteiger partial charge in [-0.25, -0.2) is 9.18 Å². The topological polar surface area (TPSA) is 38.8 Å². The number of rotatable bonds is 4. The second kappa shape index (κ2) is 9.67. The van der Waals surface area contributed by atoms with Gasteiger partial charge in [0, 0.05) is 56.9 Å². The smallest absolute Gasteiger partial charge is 0.317 e. The molecule has 2 fully saturated rings. The maximum absolute atomic E-state index is 14.0. The SMILES string of the molecule is O=C(NC1CCN(Cc2ccc(Cl)cc2)CC1)N1CCN(c2ccccc2F)CC1. The molecular weight excluding hydrogens is 403 g/mol. The second-order valence-electron chi connectivity index (χ2n) is 8.05. The highest BCUT2D eigenvalue weighted by Gasteiger charge is 2.26. The number of likely N-dealkylation sites (tertiary alicyclic amines) is 1. The van der Waals surface area contributed by atoms with E-state index in [-0.39, 0.29) is 17.9 Å². The molecular formula is C23H28ClFN4O. The first kappa shape index (κ1) is 20.9. The molecule has 0 saturated carbocycles. The summed E-state index contributed by atoms with van der Waals surface area (Å²) in [7, 11) is 0. The van der Waals surface area contributed by atoms with Crippen molar-refractivity contribution in [2.24, 2.45) is 0 Å².